The molecule has 0 fully saturated rings. The first-order valence-electron chi connectivity index (χ1n) is 8.20. The van der Waals surface area contributed by atoms with Crippen molar-refractivity contribution in [3.8, 4) is 0 Å². The predicted molar refractivity (Wildman–Crippen MR) is 101 cm³/mol. The van der Waals surface area contributed by atoms with Gasteiger partial charge in [-0.05, 0) is 29.7 Å². The van der Waals surface area contributed by atoms with E-state index >= 15 is 0 Å². The van der Waals surface area contributed by atoms with Gasteiger partial charge in [0.05, 0.1) is 6.04 Å². The summed E-state index contributed by atoms with van der Waals surface area (Å²) in [5.74, 6) is 0.805. The highest BCUT2D eigenvalue weighted by molar-refractivity contribution is 9.10. The Hall–Kier alpha value is -2.34. The minimum absolute atomic E-state index is 0.126. The van der Waals surface area contributed by atoms with Crippen molar-refractivity contribution >= 4 is 27.9 Å². The summed E-state index contributed by atoms with van der Waals surface area (Å²) in [6.07, 6.45) is 0.359. The molecule has 0 bridgehead atoms. The van der Waals surface area contributed by atoms with Crippen molar-refractivity contribution in [2.24, 2.45) is 4.99 Å². The number of aliphatic imine (C=N–C) groups is 1. The molecule has 0 saturated heterocycles. The van der Waals surface area contributed by atoms with Crippen LogP contribution in [-0.4, -0.2) is 24.5 Å². The van der Waals surface area contributed by atoms with E-state index < -0.39 is 6.09 Å². The first-order chi connectivity index (χ1) is 12.2. The van der Waals surface area contributed by atoms with Gasteiger partial charge in [0.1, 0.15) is 12.4 Å². The Bertz CT molecular complexity index is 732. The number of halogens is 1. The molecule has 1 heterocycles. The Balaban J connectivity index is 1.46. The molecule has 1 aliphatic heterocycles. The molecule has 2 aromatic carbocycles. The maximum absolute atomic E-state index is 12.0. The molecule has 5 nitrogen and oxygen atoms in total. The number of ether oxygens (including phenoxy) is 1. The first kappa shape index (κ1) is 17.5. The van der Waals surface area contributed by atoms with Gasteiger partial charge in [0.15, 0.2) is 0 Å². The van der Waals surface area contributed by atoms with Gasteiger partial charge in [-0.25, -0.2) is 4.79 Å². The van der Waals surface area contributed by atoms with E-state index in [9.17, 15) is 4.79 Å². The highest BCUT2D eigenvalue weighted by Crippen LogP contribution is 2.11. The molecule has 2 aromatic rings. The molecule has 2 N–H and O–H groups in total. The third-order valence-corrected chi connectivity index (χ3v) is 4.45. The second-order valence-electron chi connectivity index (χ2n) is 5.79. The van der Waals surface area contributed by atoms with Gasteiger partial charge >= 0.3 is 6.09 Å². The minimum atomic E-state index is -0.422. The van der Waals surface area contributed by atoms with Gasteiger partial charge in [0.25, 0.3) is 0 Å². The maximum Gasteiger partial charge on any atom is 0.408 e. The number of hydrogen-bond donors (Lipinski definition) is 2. The number of amides is 1. The number of hydrogen-bond acceptors (Lipinski definition) is 4. The summed E-state index contributed by atoms with van der Waals surface area (Å²) in [5, 5.41) is 6.19. The molecular formula is C19H20BrN3O2. The molecule has 130 valence electrons. The summed E-state index contributed by atoms with van der Waals surface area (Å²) in [6, 6.07) is 17.6. The van der Waals surface area contributed by atoms with Gasteiger partial charge in [-0.1, -0.05) is 58.4 Å². The third kappa shape index (κ3) is 5.32. The normalized spacial score (nSPS) is 16.2. The number of carbonyl (C=O) groups is 1. The number of nitrogens with zero attached hydrogens (tertiary/aromatic N) is 1. The van der Waals surface area contributed by atoms with E-state index in [2.05, 4.69) is 31.6 Å². The Kier molecular flexibility index (Phi) is 6.06. The average Bonchev–Trinajstić information content (AvgIpc) is 3.07. The van der Waals surface area contributed by atoms with Crippen LogP contribution in [0.3, 0.4) is 0 Å². The van der Waals surface area contributed by atoms with E-state index in [1.54, 1.807) is 0 Å². The Morgan fingerprint density at radius 3 is 2.64 bits per heavy atom. The maximum atomic E-state index is 12.0. The molecule has 0 aliphatic carbocycles. The van der Waals surface area contributed by atoms with Crippen molar-refractivity contribution in [1.82, 2.24) is 10.6 Å². The van der Waals surface area contributed by atoms with E-state index in [1.807, 2.05) is 54.6 Å². The number of amidine groups is 1. The summed E-state index contributed by atoms with van der Waals surface area (Å²) in [6.45, 7) is 1.63. The van der Waals surface area contributed by atoms with Gasteiger partial charge in [-0.3, -0.25) is 4.99 Å². The predicted octanol–water partition coefficient (Wildman–Crippen LogP) is 3.64. The van der Waals surface area contributed by atoms with Gasteiger partial charge in [-0.2, -0.15) is 0 Å². The van der Waals surface area contributed by atoms with Crippen LogP contribution in [0.1, 0.15) is 17.5 Å². The lowest BCUT2D eigenvalue weighted by atomic mass is 10.2. The monoisotopic (exact) mass is 401 g/mol. The number of alkyl carbamates (subject to hydrolysis) is 1. The lowest BCUT2D eigenvalue weighted by Crippen LogP contribution is -2.44. The number of rotatable bonds is 5. The largest absolute Gasteiger partial charge is 0.445 e. The molecular weight excluding hydrogens is 382 g/mol. The fourth-order valence-corrected chi connectivity index (χ4v) is 2.85. The summed E-state index contributed by atoms with van der Waals surface area (Å²) in [5.41, 5.74) is 2.12. The van der Waals surface area contributed by atoms with Crippen molar-refractivity contribution in [3.05, 3.63) is 70.2 Å². The molecule has 1 unspecified atom stereocenters. The Morgan fingerprint density at radius 2 is 1.88 bits per heavy atom. The molecule has 6 heteroatoms. The van der Waals surface area contributed by atoms with Crippen LogP contribution >= 0.6 is 15.9 Å². The molecule has 25 heavy (non-hydrogen) atoms. The van der Waals surface area contributed by atoms with Crippen LogP contribution in [0.2, 0.25) is 0 Å². The molecule has 0 spiro atoms. The lowest BCUT2D eigenvalue weighted by Gasteiger charge is -2.16. The summed E-state index contributed by atoms with van der Waals surface area (Å²) < 4.78 is 6.33. The van der Waals surface area contributed by atoms with E-state index in [0.29, 0.717) is 13.1 Å². The fourth-order valence-electron chi connectivity index (χ4n) is 2.58. The number of carbonyl (C=O) groups excluding carboxylic acids is 1. The van der Waals surface area contributed by atoms with Gasteiger partial charge < -0.3 is 15.4 Å². The van der Waals surface area contributed by atoms with Crippen molar-refractivity contribution in [3.63, 3.8) is 0 Å². The van der Waals surface area contributed by atoms with Crippen molar-refractivity contribution in [2.45, 2.75) is 25.6 Å². The average molecular weight is 402 g/mol. The second kappa shape index (κ2) is 8.67. The lowest BCUT2D eigenvalue weighted by molar-refractivity contribution is 0.138. The van der Waals surface area contributed by atoms with Gasteiger partial charge in [0, 0.05) is 17.6 Å². The first-order valence-corrected chi connectivity index (χ1v) is 9.00. The zero-order valence-electron chi connectivity index (χ0n) is 13.7. The van der Waals surface area contributed by atoms with Crippen molar-refractivity contribution in [2.75, 3.05) is 6.54 Å². The van der Waals surface area contributed by atoms with E-state index in [4.69, 9.17) is 4.74 Å². The Morgan fingerprint density at radius 1 is 1.12 bits per heavy atom. The summed E-state index contributed by atoms with van der Waals surface area (Å²) in [7, 11) is 0. The van der Waals surface area contributed by atoms with Crippen molar-refractivity contribution < 1.29 is 9.53 Å². The van der Waals surface area contributed by atoms with Crippen LogP contribution in [0.15, 0.2) is 64.1 Å². The number of benzene rings is 2. The Labute approximate surface area is 155 Å². The summed E-state index contributed by atoms with van der Waals surface area (Å²) in [4.78, 5) is 16.5. The highest BCUT2D eigenvalue weighted by Gasteiger charge is 2.23. The van der Waals surface area contributed by atoms with Crippen LogP contribution in [-0.2, 0) is 17.9 Å². The molecule has 3 rings (SSSR count). The van der Waals surface area contributed by atoms with Crippen LogP contribution in [0, 0.1) is 0 Å². The smallest absolute Gasteiger partial charge is 0.408 e. The molecule has 0 saturated carbocycles. The molecule has 1 amide bonds. The highest BCUT2D eigenvalue weighted by atomic mass is 79.9. The second-order valence-corrected chi connectivity index (χ2v) is 6.71. The molecule has 1 aliphatic rings. The minimum Gasteiger partial charge on any atom is -0.445 e. The van der Waals surface area contributed by atoms with Crippen LogP contribution in [0.25, 0.3) is 0 Å². The van der Waals surface area contributed by atoms with Gasteiger partial charge in [-0.15, -0.1) is 0 Å². The van der Waals surface area contributed by atoms with E-state index in [0.717, 1.165) is 27.9 Å². The molecule has 0 radical (unpaired) electrons. The van der Waals surface area contributed by atoms with Gasteiger partial charge in [0.2, 0.25) is 0 Å². The van der Waals surface area contributed by atoms with E-state index in [1.165, 1.54) is 0 Å². The van der Waals surface area contributed by atoms with Crippen LogP contribution in [0.4, 0.5) is 4.79 Å². The SMILES string of the molecule is O=C(NC1CCN=C1NCc1ccc(Br)cc1)OCc1ccccc1. The zero-order valence-corrected chi connectivity index (χ0v) is 15.3. The number of nitrogens with one attached hydrogen (secondary N) is 2. The van der Waals surface area contributed by atoms with Crippen LogP contribution in [0.5, 0.6) is 0 Å². The van der Waals surface area contributed by atoms with Crippen LogP contribution < -0.4 is 10.6 Å². The zero-order chi connectivity index (χ0) is 17.5. The fraction of sp³-hybridized carbons (Fsp3) is 0.263. The molecule has 0 aromatic heterocycles. The standard InChI is InChI=1S/C19H20BrN3O2/c20-16-8-6-14(7-9-16)12-22-18-17(10-11-21-18)23-19(24)25-13-15-4-2-1-3-5-15/h1-9,17H,10-13H2,(H,21,22)(H,23,24). The third-order valence-electron chi connectivity index (χ3n) is 3.92. The van der Waals surface area contributed by atoms with Crippen molar-refractivity contribution in [1.29, 1.82) is 0 Å². The van der Waals surface area contributed by atoms with E-state index in [-0.39, 0.29) is 12.6 Å². The molecule has 1 atom stereocenters. The summed E-state index contributed by atoms with van der Waals surface area (Å²) >= 11 is 3.43. The quantitative estimate of drug-likeness (QED) is 0.803. The topological polar surface area (TPSA) is 62.7 Å².